The number of hydrogen-bond acceptors (Lipinski definition) is 3. The van der Waals surface area contributed by atoms with Gasteiger partial charge in [0.25, 0.3) is 5.91 Å². The number of methoxy groups -OCH3 is 1. The van der Waals surface area contributed by atoms with Crippen molar-refractivity contribution in [3.8, 4) is 11.5 Å². The fourth-order valence-corrected chi connectivity index (χ4v) is 2.85. The van der Waals surface area contributed by atoms with Gasteiger partial charge in [-0.15, -0.1) is 0 Å². The van der Waals surface area contributed by atoms with Crippen LogP contribution in [0.4, 0.5) is 0 Å². The number of benzene rings is 2. The summed E-state index contributed by atoms with van der Waals surface area (Å²) in [4.78, 5) is 12.4. The third-order valence-electron chi connectivity index (χ3n) is 4.32. The van der Waals surface area contributed by atoms with Crippen LogP contribution in [0.1, 0.15) is 51.3 Å². The van der Waals surface area contributed by atoms with Gasteiger partial charge in [0.2, 0.25) is 0 Å². The standard InChI is InChI=1S/C22H29NO3/c1-6-19(16-11-13-17(25-5)14-12-16)23-21(24)15-26-20-10-8-7-9-18(20)22(2,3)4/h7-14,19H,6,15H2,1-5H3,(H,23,24). The monoisotopic (exact) mass is 355 g/mol. The van der Waals surface area contributed by atoms with E-state index < -0.39 is 0 Å². The first-order valence-electron chi connectivity index (χ1n) is 9.00. The Morgan fingerprint density at radius 1 is 1.08 bits per heavy atom. The Kier molecular flexibility index (Phi) is 6.67. The maximum atomic E-state index is 12.4. The summed E-state index contributed by atoms with van der Waals surface area (Å²) < 4.78 is 11.0. The Bertz CT molecular complexity index is 717. The smallest absolute Gasteiger partial charge is 0.258 e. The molecule has 2 rings (SSSR count). The predicted octanol–water partition coefficient (Wildman–Crippen LogP) is 4.64. The number of carbonyl (C=O) groups excluding carboxylic acids is 1. The van der Waals surface area contributed by atoms with Gasteiger partial charge in [0.05, 0.1) is 13.2 Å². The lowest BCUT2D eigenvalue weighted by Crippen LogP contribution is -2.32. The van der Waals surface area contributed by atoms with Gasteiger partial charge in [-0.1, -0.05) is 58.0 Å². The van der Waals surface area contributed by atoms with Crippen LogP contribution in [0.3, 0.4) is 0 Å². The molecule has 26 heavy (non-hydrogen) atoms. The molecular formula is C22H29NO3. The Hall–Kier alpha value is -2.49. The van der Waals surface area contributed by atoms with Gasteiger partial charge >= 0.3 is 0 Å². The second-order valence-corrected chi connectivity index (χ2v) is 7.34. The second-order valence-electron chi connectivity index (χ2n) is 7.34. The van der Waals surface area contributed by atoms with Crippen LogP contribution >= 0.6 is 0 Å². The molecular weight excluding hydrogens is 326 g/mol. The molecule has 0 radical (unpaired) electrons. The lowest BCUT2D eigenvalue weighted by atomic mass is 9.86. The normalized spacial score (nSPS) is 12.3. The summed E-state index contributed by atoms with van der Waals surface area (Å²) in [5, 5.41) is 3.04. The first-order valence-corrected chi connectivity index (χ1v) is 9.00. The van der Waals surface area contributed by atoms with Crippen LogP contribution in [0.25, 0.3) is 0 Å². The van der Waals surface area contributed by atoms with E-state index >= 15 is 0 Å². The van der Waals surface area contributed by atoms with Crippen LogP contribution < -0.4 is 14.8 Å². The van der Waals surface area contributed by atoms with Gasteiger partial charge in [0.15, 0.2) is 6.61 Å². The number of ether oxygens (including phenoxy) is 2. The minimum absolute atomic E-state index is 0.000250. The molecule has 0 heterocycles. The minimum Gasteiger partial charge on any atom is -0.497 e. The summed E-state index contributed by atoms with van der Waals surface area (Å²) in [6.07, 6.45) is 0.802. The maximum absolute atomic E-state index is 12.4. The number of rotatable bonds is 7. The molecule has 2 aromatic rings. The molecule has 4 nitrogen and oxygen atoms in total. The topological polar surface area (TPSA) is 47.6 Å². The number of carbonyl (C=O) groups is 1. The van der Waals surface area contributed by atoms with Crippen LogP contribution in [0.2, 0.25) is 0 Å². The third-order valence-corrected chi connectivity index (χ3v) is 4.32. The summed E-state index contributed by atoms with van der Waals surface area (Å²) in [5.41, 5.74) is 2.11. The second kappa shape index (κ2) is 8.75. The molecule has 0 aromatic heterocycles. The molecule has 1 N–H and O–H groups in total. The lowest BCUT2D eigenvalue weighted by molar-refractivity contribution is -0.123. The van der Waals surface area contributed by atoms with Crippen LogP contribution in [0.5, 0.6) is 11.5 Å². The van der Waals surface area contributed by atoms with Gasteiger partial charge < -0.3 is 14.8 Å². The van der Waals surface area contributed by atoms with E-state index in [1.54, 1.807) is 7.11 Å². The average Bonchev–Trinajstić information content (AvgIpc) is 2.64. The van der Waals surface area contributed by atoms with Crippen LogP contribution in [0, 0.1) is 0 Å². The van der Waals surface area contributed by atoms with Crippen molar-refractivity contribution in [1.82, 2.24) is 5.32 Å². The highest BCUT2D eigenvalue weighted by Gasteiger charge is 2.19. The molecule has 0 saturated heterocycles. The number of amides is 1. The van der Waals surface area contributed by atoms with Crippen LogP contribution in [0.15, 0.2) is 48.5 Å². The van der Waals surface area contributed by atoms with Gasteiger partial charge in [0, 0.05) is 0 Å². The summed E-state index contributed by atoms with van der Waals surface area (Å²) >= 11 is 0. The van der Waals surface area contributed by atoms with Crippen molar-refractivity contribution < 1.29 is 14.3 Å². The number of nitrogens with one attached hydrogen (secondary N) is 1. The number of para-hydroxylation sites is 1. The number of hydrogen-bond donors (Lipinski definition) is 1. The Labute approximate surface area is 156 Å². The zero-order chi connectivity index (χ0) is 19.2. The Morgan fingerprint density at radius 2 is 1.73 bits per heavy atom. The third kappa shape index (κ3) is 5.25. The van der Waals surface area contributed by atoms with Gasteiger partial charge in [0.1, 0.15) is 11.5 Å². The Balaban J connectivity index is 1.99. The highest BCUT2D eigenvalue weighted by molar-refractivity contribution is 5.78. The minimum atomic E-state index is -0.128. The molecule has 0 fully saturated rings. The van der Waals surface area contributed by atoms with Gasteiger partial charge in [-0.05, 0) is 41.2 Å². The summed E-state index contributed by atoms with van der Waals surface area (Å²) in [5.74, 6) is 1.43. The molecule has 0 aliphatic carbocycles. The quantitative estimate of drug-likeness (QED) is 0.787. The van der Waals surface area contributed by atoms with E-state index in [0.29, 0.717) is 0 Å². The van der Waals surface area contributed by atoms with E-state index in [-0.39, 0.29) is 24.0 Å². The molecule has 0 aliphatic rings. The first-order chi connectivity index (χ1) is 12.3. The van der Waals surface area contributed by atoms with E-state index in [4.69, 9.17) is 9.47 Å². The molecule has 0 aliphatic heterocycles. The van der Waals surface area contributed by atoms with Crippen molar-refractivity contribution in [2.75, 3.05) is 13.7 Å². The largest absolute Gasteiger partial charge is 0.497 e. The average molecular weight is 355 g/mol. The molecule has 4 heteroatoms. The maximum Gasteiger partial charge on any atom is 0.258 e. The van der Waals surface area contributed by atoms with Crippen molar-refractivity contribution >= 4 is 5.91 Å². The highest BCUT2D eigenvalue weighted by atomic mass is 16.5. The van der Waals surface area contributed by atoms with Gasteiger partial charge in [-0.25, -0.2) is 0 Å². The summed E-state index contributed by atoms with van der Waals surface area (Å²) in [6, 6.07) is 15.6. The molecule has 1 unspecified atom stereocenters. The molecule has 140 valence electrons. The van der Waals surface area contributed by atoms with Crippen molar-refractivity contribution in [3.05, 3.63) is 59.7 Å². The zero-order valence-corrected chi connectivity index (χ0v) is 16.3. The van der Waals surface area contributed by atoms with Gasteiger partial charge in [-0.2, -0.15) is 0 Å². The predicted molar refractivity (Wildman–Crippen MR) is 105 cm³/mol. The zero-order valence-electron chi connectivity index (χ0n) is 16.3. The molecule has 1 amide bonds. The fourth-order valence-electron chi connectivity index (χ4n) is 2.85. The van der Waals surface area contributed by atoms with Gasteiger partial charge in [-0.3, -0.25) is 4.79 Å². The Morgan fingerprint density at radius 3 is 2.31 bits per heavy atom. The first kappa shape index (κ1) is 19.8. The van der Waals surface area contributed by atoms with E-state index in [2.05, 4.69) is 26.1 Å². The highest BCUT2D eigenvalue weighted by Crippen LogP contribution is 2.30. The van der Waals surface area contributed by atoms with E-state index in [1.165, 1.54) is 0 Å². The van der Waals surface area contributed by atoms with E-state index in [1.807, 2.05) is 55.5 Å². The van der Waals surface area contributed by atoms with Crippen molar-refractivity contribution in [3.63, 3.8) is 0 Å². The SMILES string of the molecule is CCC(NC(=O)COc1ccccc1C(C)(C)C)c1ccc(OC)cc1. The van der Waals surface area contributed by atoms with Crippen molar-refractivity contribution in [1.29, 1.82) is 0 Å². The van der Waals surface area contributed by atoms with Crippen LogP contribution in [-0.2, 0) is 10.2 Å². The molecule has 0 saturated carbocycles. The fraction of sp³-hybridized carbons (Fsp3) is 0.409. The van der Waals surface area contributed by atoms with Crippen LogP contribution in [-0.4, -0.2) is 19.6 Å². The molecule has 2 aromatic carbocycles. The van der Waals surface area contributed by atoms with Crippen molar-refractivity contribution in [2.45, 2.75) is 45.6 Å². The van der Waals surface area contributed by atoms with E-state index in [0.717, 1.165) is 29.0 Å². The van der Waals surface area contributed by atoms with E-state index in [9.17, 15) is 4.79 Å². The van der Waals surface area contributed by atoms with Crippen molar-refractivity contribution in [2.24, 2.45) is 0 Å². The summed E-state index contributed by atoms with van der Waals surface area (Å²) in [6.45, 7) is 8.44. The molecule has 0 bridgehead atoms. The lowest BCUT2D eigenvalue weighted by Gasteiger charge is -2.23. The molecule has 1 atom stereocenters. The summed E-state index contributed by atoms with van der Waals surface area (Å²) in [7, 11) is 1.64. The molecule has 0 spiro atoms.